The number of rotatable bonds is 7. The first-order valence-corrected chi connectivity index (χ1v) is 11.1. The van der Waals surface area contributed by atoms with Gasteiger partial charge < -0.3 is 55.3 Å². The lowest BCUT2D eigenvalue weighted by molar-refractivity contribution is -0.199. The van der Waals surface area contributed by atoms with Crippen molar-refractivity contribution in [2.75, 3.05) is 7.11 Å². The smallest absolute Gasteiger partial charge is 0.247 e. The van der Waals surface area contributed by atoms with Crippen LogP contribution in [0.25, 0.3) is 6.08 Å². The van der Waals surface area contributed by atoms with Gasteiger partial charge in [-0.15, -0.1) is 0 Å². The minimum Gasteiger partial charge on any atom is -0.504 e. The number of hydrogen-bond donors (Lipinski definition) is 8. The largest absolute Gasteiger partial charge is 0.504 e. The van der Waals surface area contributed by atoms with Gasteiger partial charge in [0.1, 0.15) is 48.8 Å². The summed E-state index contributed by atoms with van der Waals surface area (Å²) < 4.78 is 15.5. The molecule has 1 aliphatic carbocycles. The van der Waals surface area contributed by atoms with E-state index in [2.05, 4.69) is 5.32 Å². The molecule has 1 saturated carbocycles. The van der Waals surface area contributed by atoms with E-state index in [1.807, 2.05) is 0 Å². The minimum atomic E-state index is -1.61. The molecule has 0 radical (unpaired) electrons. The van der Waals surface area contributed by atoms with Crippen LogP contribution < -0.4 is 10.1 Å². The number of methoxy groups -OCH3 is 1. The van der Waals surface area contributed by atoms with Gasteiger partial charge in [-0.3, -0.25) is 9.59 Å². The van der Waals surface area contributed by atoms with Crippen molar-refractivity contribution in [3.05, 3.63) is 29.3 Å². The second kappa shape index (κ2) is 11.2. The Morgan fingerprint density at radius 2 is 1.56 bits per heavy atom. The Bertz CT molecular complexity index is 983. The molecule has 2 aliphatic rings. The first kappa shape index (κ1) is 28.0. The highest BCUT2D eigenvalue weighted by molar-refractivity contribution is 5.97. The van der Waals surface area contributed by atoms with Gasteiger partial charge in [0.25, 0.3) is 0 Å². The van der Waals surface area contributed by atoms with Crippen LogP contribution in [0, 0.1) is 0 Å². The lowest BCUT2D eigenvalue weighted by Gasteiger charge is -2.43. The van der Waals surface area contributed by atoms with Crippen LogP contribution in [0.3, 0.4) is 0 Å². The van der Waals surface area contributed by atoms with Crippen LogP contribution in [0.5, 0.6) is 11.5 Å². The predicted octanol–water partition coefficient (Wildman–Crippen LogP) is -2.83. The molecule has 1 saturated heterocycles. The van der Waals surface area contributed by atoms with Gasteiger partial charge in [0.15, 0.2) is 17.3 Å². The number of ether oxygens (including phenoxy) is 3. The molecular weight excluding hydrogens is 482 g/mol. The molecule has 10 atom stereocenters. The van der Waals surface area contributed by atoms with E-state index in [0.29, 0.717) is 5.56 Å². The number of carbonyl (C=O) groups is 2. The van der Waals surface area contributed by atoms with E-state index in [9.17, 15) is 45.3 Å². The number of nitrogens with one attached hydrogen (secondary N) is 1. The number of aliphatic hydroxyl groups excluding tert-OH is 6. The number of benzene rings is 1. The number of ketones is 1. The molecule has 36 heavy (non-hydrogen) atoms. The molecule has 2 fully saturated rings. The maximum atomic E-state index is 12.6. The average Bonchev–Trinajstić information content (AvgIpc) is 3.11. The number of aromatic hydroxyl groups is 1. The summed E-state index contributed by atoms with van der Waals surface area (Å²) in [6.07, 6.45) is -11.9. The molecule has 13 nitrogen and oxygen atoms in total. The fourth-order valence-electron chi connectivity index (χ4n) is 4.18. The lowest BCUT2D eigenvalue weighted by Crippen LogP contribution is -2.68. The van der Waals surface area contributed by atoms with Crippen LogP contribution in [0.15, 0.2) is 23.8 Å². The summed E-state index contributed by atoms with van der Waals surface area (Å²) in [5, 5.41) is 73.4. The molecule has 1 aromatic carbocycles. The molecule has 13 heteroatoms. The summed E-state index contributed by atoms with van der Waals surface area (Å²) in [6.45, 7) is 2.62. The second-order valence-electron chi connectivity index (χ2n) is 8.85. The maximum absolute atomic E-state index is 12.6. The summed E-state index contributed by atoms with van der Waals surface area (Å²) in [4.78, 5) is 24.1. The second-order valence-corrected chi connectivity index (χ2v) is 8.85. The summed E-state index contributed by atoms with van der Waals surface area (Å²) in [7, 11) is 1.20. The number of phenols is 1. The third kappa shape index (κ3) is 5.53. The molecule has 1 aliphatic heterocycles. The Labute approximate surface area is 206 Å². The van der Waals surface area contributed by atoms with Crippen molar-refractivity contribution in [2.24, 2.45) is 0 Å². The molecule has 1 amide bonds. The van der Waals surface area contributed by atoms with Gasteiger partial charge in [-0.05, 0) is 37.6 Å². The van der Waals surface area contributed by atoms with Crippen LogP contribution >= 0.6 is 0 Å². The molecule has 2 unspecified atom stereocenters. The Morgan fingerprint density at radius 1 is 0.944 bits per heavy atom. The van der Waals surface area contributed by atoms with Gasteiger partial charge in [0.2, 0.25) is 12.2 Å². The Hall–Kier alpha value is -2.62. The zero-order chi connectivity index (χ0) is 26.9. The highest BCUT2D eigenvalue weighted by atomic mass is 16.7. The van der Waals surface area contributed by atoms with E-state index in [-0.39, 0.29) is 17.1 Å². The number of carbonyl (C=O) groups excluding carboxylic acids is 2. The van der Waals surface area contributed by atoms with Crippen LogP contribution in [0.4, 0.5) is 0 Å². The van der Waals surface area contributed by atoms with Gasteiger partial charge in [-0.25, -0.2) is 0 Å². The summed E-state index contributed by atoms with van der Waals surface area (Å²) in [5.74, 6) is -1.72. The average molecular weight is 513 g/mol. The zero-order valence-electron chi connectivity index (χ0n) is 19.8. The quantitative estimate of drug-likeness (QED) is 0.173. The van der Waals surface area contributed by atoms with Crippen LogP contribution in [-0.2, 0) is 19.1 Å². The Kier molecular flexibility index (Phi) is 8.69. The van der Waals surface area contributed by atoms with E-state index >= 15 is 0 Å². The molecule has 0 spiro atoms. The van der Waals surface area contributed by atoms with Gasteiger partial charge in [-0.2, -0.15) is 0 Å². The predicted molar refractivity (Wildman–Crippen MR) is 120 cm³/mol. The highest BCUT2D eigenvalue weighted by Crippen LogP contribution is 2.32. The van der Waals surface area contributed by atoms with Gasteiger partial charge in [0, 0.05) is 12.7 Å². The van der Waals surface area contributed by atoms with Crippen molar-refractivity contribution in [1.29, 1.82) is 0 Å². The monoisotopic (exact) mass is 513 g/mol. The summed E-state index contributed by atoms with van der Waals surface area (Å²) in [6, 6.07) is 2.65. The number of amides is 1. The van der Waals surface area contributed by atoms with Gasteiger partial charge in [-0.1, -0.05) is 6.07 Å². The van der Waals surface area contributed by atoms with Crippen molar-refractivity contribution < 1.29 is 59.5 Å². The normalized spacial score (nSPS) is 37.0. The lowest BCUT2D eigenvalue weighted by atomic mass is 9.83. The van der Waals surface area contributed by atoms with Gasteiger partial charge in [0.05, 0.1) is 6.04 Å². The summed E-state index contributed by atoms with van der Waals surface area (Å²) in [5.41, 5.74) is 0.452. The van der Waals surface area contributed by atoms with E-state index in [4.69, 9.17) is 14.2 Å². The molecule has 200 valence electrons. The van der Waals surface area contributed by atoms with Crippen LogP contribution in [-0.4, -0.2) is 116 Å². The number of aliphatic hydroxyl groups is 6. The van der Waals surface area contributed by atoms with Crippen molar-refractivity contribution >= 4 is 17.8 Å². The third-order valence-electron chi connectivity index (χ3n) is 6.27. The van der Waals surface area contributed by atoms with E-state index in [1.165, 1.54) is 45.2 Å². The molecule has 1 heterocycles. The van der Waals surface area contributed by atoms with Gasteiger partial charge >= 0.3 is 0 Å². The van der Waals surface area contributed by atoms with E-state index in [1.54, 1.807) is 0 Å². The Morgan fingerprint density at radius 3 is 2.06 bits per heavy atom. The number of phenolic OH excluding ortho intramolecular Hbond substituents is 1. The first-order chi connectivity index (χ1) is 16.9. The SMILES string of the molecule is COC1[C@@H](O)[C@H](O)C(NC(=O)C(C)=Cc2ccc(O[C@@H]3O[C@H](C(C)=O)[C@@H](O)[C@@H]3O)c(O)c2)[C@H](O)[C@H]1O. The molecule has 1 aromatic rings. The Balaban J connectivity index is 1.68. The number of Topliss-reactive ketones (excluding diaryl/α,β-unsaturated/α-hetero) is 1. The molecule has 8 N–H and O–H groups in total. The van der Waals surface area contributed by atoms with E-state index < -0.39 is 72.9 Å². The van der Waals surface area contributed by atoms with Crippen LogP contribution in [0.1, 0.15) is 19.4 Å². The van der Waals surface area contributed by atoms with Crippen molar-refractivity contribution in [1.82, 2.24) is 5.32 Å². The third-order valence-corrected chi connectivity index (χ3v) is 6.27. The topological polar surface area (TPSA) is 215 Å². The molecular formula is C23H31NO12. The maximum Gasteiger partial charge on any atom is 0.247 e. The van der Waals surface area contributed by atoms with Crippen molar-refractivity contribution in [3.63, 3.8) is 0 Å². The number of hydrogen-bond acceptors (Lipinski definition) is 12. The van der Waals surface area contributed by atoms with E-state index in [0.717, 1.165) is 0 Å². The molecule has 0 bridgehead atoms. The van der Waals surface area contributed by atoms with Crippen LogP contribution in [0.2, 0.25) is 0 Å². The minimum absolute atomic E-state index is 0.0993. The highest BCUT2D eigenvalue weighted by Gasteiger charge is 2.50. The van der Waals surface area contributed by atoms with Crippen molar-refractivity contribution in [3.8, 4) is 11.5 Å². The van der Waals surface area contributed by atoms with Crippen molar-refractivity contribution in [2.45, 2.75) is 75.0 Å². The fourth-order valence-corrected chi connectivity index (χ4v) is 4.18. The molecule has 0 aromatic heterocycles. The first-order valence-electron chi connectivity index (χ1n) is 11.1. The fraction of sp³-hybridized carbons (Fsp3) is 0.565. The molecule has 3 rings (SSSR count). The standard InChI is InChI=1S/C23H31NO12/c1-8(22(33)24-13-14(27)16(29)21(34-3)17(30)15(13)28)6-10-4-5-12(11(26)7-10)35-23-19(32)18(31)20(36-23)9(2)25/h4-7,13-21,23,26-32H,1-3H3,(H,24,33)/t13?,14-,15+,16+,17-,18-,19-,20+,21?,23+/m0/s1. The zero-order valence-corrected chi connectivity index (χ0v) is 19.8. The summed E-state index contributed by atoms with van der Waals surface area (Å²) >= 11 is 0.